The molecule has 0 fully saturated rings. The molecule has 3 aromatic heterocycles. The molecule has 0 aliphatic heterocycles. The third kappa shape index (κ3) is 4.42. The van der Waals surface area contributed by atoms with Crippen LogP contribution in [0.1, 0.15) is 25.0 Å². The van der Waals surface area contributed by atoms with Gasteiger partial charge in [0.05, 0.1) is 33.5 Å². The Morgan fingerprint density at radius 1 is 0.472 bits per heavy atom. The van der Waals surface area contributed by atoms with Crippen molar-refractivity contribution >= 4 is 43.7 Å². The number of fused-ring (bicyclic) bond motifs is 9. The van der Waals surface area contributed by atoms with Gasteiger partial charge in [0.2, 0.25) is 0 Å². The van der Waals surface area contributed by atoms with Crippen molar-refractivity contribution < 1.29 is 4.42 Å². The molecule has 0 unspecified atom stereocenters. The predicted molar refractivity (Wildman–Crippen MR) is 218 cm³/mol. The summed E-state index contributed by atoms with van der Waals surface area (Å²) >= 11 is 0. The zero-order valence-electron chi connectivity index (χ0n) is 29.3. The molecule has 0 saturated heterocycles. The minimum absolute atomic E-state index is 0.114. The Morgan fingerprint density at radius 2 is 1.17 bits per heavy atom. The first-order valence-corrected chi connectivity index (χ1v) is 18.2. The Balaban J connectivity index is 1.16. The van der Waals surface area contributed by atoms with Gasteiger partial charge >= 0.3 is 0 Å². The van der Waals surface area contributed by atoms with Crippen LogP contribution in [0.4, 0.5) is 0 Å². The third-order valence-electron chi connectivity index (χ3n) is 11.2. The molecule has 1 aliphatic rings. The Morgan fingerprint density at radius 3 is 1.94 bits per heavy atom. The molecule has 7 aromatic carbocycles. The highest BCUT2D eigenvalue weighted by atomic mass is 16.3. The van der Waals surface area contributed by atoms with Crippen LogP contribution >= 0.6 is 0 Å². The van der Waals surface area contributed by atoms with Gasteiger partial charge in [0.15, 0.2) is 5.82 Å². The summed E-state index contributed by atoms with van der Waals surface area (Å²) in [6.45, 7) is 4.70. The fraction of sp³-hybridized carbons (Fsp3) is 0.0612. The molecule has 11 rings (SSSR count). The van der Waals surface area contributed by atoms with Crippen LogP contribution in [0, 0.1) is 0 Å². The van der Waals surface area contributed by atoms with E-state index in [0.29, 0.717) is 5.82 Å². The largest absolute Gasteiger partial charge is 0.456 e. The van der Waals surface area contributed by atoms with Gasteiger partial charge in [0.1, 0.15) is 11.2 Å². The Hall–Kier alpha value is -6.78. The highest BCUT2D eigenvalue weighted by Gasteiger charge is 2.36. The number of aromatic nitrogens is 3. The van der Waals surface area contributed by atoms with E-state index in [4.69, 9.17) is 14.4 Å². The summed E-state index contributed by atoms with van der Waals surface area (Å²) in [5.41, 5.74) is 15.2. The summed E-state index contributed by atoms with van der Waals surface area (Å²) in [4.78, 5) is 10.3. The molecular weight excluding hydrogens is 647 g/mol. The molecule has 0 radical (unpaired) electrons. The van der Waals surface area contributed by atoms with Gasteiger partial charge in [-0.3, -0.25) is 0 Å². The Labute approximate surface area is 306 Å². The summed E-state index contributed by atoms with van der Waals surface area (Å²) < 4.78 is 9.03. The summed E-state index contributed by atoms with van der Waals surface area (Å²) in [5.74, 6) is 0.674. The molecule has 3 heterocycles. The van der Waals surface area contributed by atoms with Crippen LogP contribution in [0.5, 0.6) is 0 Å². The first-order valence-electron chi connectivity index (χ1n) is 18.2. The van der Waals surface area contributed by atoms with Crippen molar-refractivity contribution in [3.63, 3.8) is 0 Å². The van der Waals surface area contributed by atoms with Gasteiger partial charge in [-0.05, 0) is 76.9 Å². The molecular formula is C49H33N3O. The fourth-order valence-corrected chi connectivity index (χ4v) is 8.65. The monoisotopic (exact) mass is 679 g/mol. The number of benzene rings is 7. The number of furan rings is 1. The van der Waals surface area contributed by atoms with Crippen LogP contribution in [-0.4, -0.2) is 14.5 Å². The second-order valence-electron chi connectivity index (χ2n) is 14.6. The molecule has 0 atom stereocenters. The van der Waals surface area contributed by atoms with Crippen molar-refractivity contribution in [2.45, 2.75) is 19.3 Å². The predicted octanol–water partition coefficient (Wildman–Crippen LogP) is 12.8. The van der Waals surface area contributed by atoms with E-state index in [9.17, 15) is 0 Å². The molecule has 0 bridgehead atoms. The zero-order chi connectivity index (χ0) is 35.3. The second kappa shape index (κ2) is 11.1. The van der Waals surface area contributed by atoms with Crippen LogP contribution in [0.2, 0.25) is 0 Å². The molecule has 10 aromatic rings. The van der Waals surface area contributed by atoms with Gasteiger partial charge in [-0.2, -0.15) is 0 Å². The molecule has 0 saturated carbocycles. The molecule has 0 spiro atoms. The van der Waals surface area contributed by atoms with Gasteiger partial charge < -0.3 is 8.98 Å². The van der Waals surface area contributed by atoms with Gasteiger partial charge in [-0.1, -0.05) is 123 Å². The van der Waals surface area contributed by atoms with Crippen molar-refractivity contribution in [2.75, 3.05) is 0 Å². The molecule has 4 heteroatoms. The lowest BCUT2D eigenvalue weighted by molar-refractivity contribution is 0.661. The quantitative estimate of drug-likeness (QED) is 0.186. The first-order chi connectivity index (χ1) is 26.0. The first kappa shape index (κ1) is 29.9. The minimum atomic E-state index is -0.114. The van der Waals surface area contributed by atoms with Crippen LogP contribution in [0.3, 0.4) is 0 Å². The van der Waals surface area contributed by atoms with Crippen molar-refractivity contribution in [1.82, 2.24) is 14.5 Å². The molecule has 53 heavy (non-hydrogen) atoms. The fourth-order valence-electron chi connectivity index (χ4n) is 8.65. The lowest BCUT2D eigenvalue weighted by Crippen LogP contribution is -2.14. The lowest BCUT2D eigenvalue weighted by Gasteiger charge is -2.21. The summed E-state index contributed by atoms with van der Waals surface area (Å²) in [6, 6.07) is 58.0. The molecule has 0 N–H and O–H groups in total. The molecule has 0 amide bonds. The van der Waals surface area contributed by atoms with Crippen LogP contribution < -0.4 is 0 Å². The Kier molecular flexibility index (Phi) is 6.27. The highest BCUT2D eigenvalue weighted by molar-refractivity contribution is 6.16. The number of rotatable bonds is 4. The standard InChI is InChI=1S/C49H33N3O/c1-49(2)38-20-11-9-18-33(38)35-27-36-34-19-10-12-21-42(34)52(44(36)28-39(35)49)43-22-13-23-46-47(43)37-26-32(24-25-45(37)53-46)48-50-40(30-14-5-3-6-15-30)29-41(51-48)31-16-7-4-8-17-31/h3-29H,1-2H3. The summed E-state index contributed by atoms with van der Waals surface area (Å²) in [7, 11) is 0. The topological polar surface area (TPSA) is 43.9 Å². The van der Waals surface area contributed by atoms with Gasteiger partial charge in [0.25, 0.3) is 0 Å². The number of hydrogen-bond acceptors (Lipinski definition) is 3. The van der Waals surface area contributed by atoms with Gasteiger partial charge in [-0.15, -0.1) is 0 Å². The van der Waals surface area contributed by atoms with E-state index in [1.807, 2.05) is 36.4 Å². The Bertz CT molecular complexity index is 3020. The molecule has 1 aliphatic carbocycles. The van der Waals surface area contributed by atoms with Gasteiger partial charge in [0, 0.05) is 38.3 Å². The van der Waals surface area contributed by atoms with E-state index < -0.39 is 0 Å². The maximum atomic E-state index is 6.59. The molecule has 4 nitrogen and oxygen atoms in total. The summed E-state index contributed by atoms with van der Waals surface area (Å²) in [6.07, 6.45) is 0. The smallest absolute Gasteiger partial charge is 0.160 e. The van der Waals surface area contributed by atoms with Crippen LogP contribution in [-0.2, 0) is 5.41 Å². The van der Waals surface area contributed by atoms with Crippen LogP contribution in [0.15, 0.2) is 168 Å². The zero-order valence-corrected chi connectivity index (χ0v) is 29.3. The number of hydrogen-bond donors (Lipinski definition) is 0. The van der Waals surface area contributed by atoms with Crippen molar-refractivity contribution in [3.05, 3.63) is 175 Å². The van der Waals surface area contributed by atoms with E-state index in [0.717, 1.165) is 55.7 Å². The van der Waals surface area contributed by atoms with Crippen LogP contribution in [0.25, 0.3) is 94.5 Å². The van der Waals surface area contributed by atoms with Crippen molar-refractivity contribution in [1.29, 1.82) is 0 Å². The summed E-state index contributed by atoms with van der Waals surface area (Å²) in [5, 5.41) is 4.58. The average molecular weight is 680 g/mol. The van der Waals surface area contributed by atoms with Crippen molar-refractivity contribution in [2.24, 2.45) is 0 Å². The third-order valence-corrected chi connectivity index (χ3v) is 11.2. The SMILES string of the molecule is CC1(C)c2ccccc2-c2cc3c4ccccc4n(-c4cccc5oc6ccc(-c7nc(-c8ccccc8)cc(-c8ccccc8)n7)cc6c45)c3cc21. The van der Waals surface area contributed by atoms with E-state index in [1.54, 1.807) is 0 Å². The molecule has 250 valence electrons. The van der Waals surface area contributed by atoms with Gasteiger partial charge in [-0.25, -0.2) is 9.97 Å². The minimum Gasteiger partial charge on any atom is -0.456 e. The highest BCUT2D eigenvalue weighted by Crippen LogP contribution is 2.51. The van der Waals surface area contributed by atoms with E-state index in [1.165, 1.54) is 44.1 Å². The average Bonchev–Trinajstić information content (AvgIpc) is 3.83. The van der Waals surface area contributed by atoms with E-state index in [-0.39, 0.29) is 5.41 Å². The second-order valence-corrected chi connectivity index (χ2v) is 14.6. The number of nitrogens with zero attached hydrogens (tertiary/aromatic N) is 3. The van der Waals surface area contributed by atoms with E-state index >= 15 is 0 Å². The maximum absolute atomic E-state index is 6.59. The lowest BCUT2D eigenvalue weighted by atomic mass is 9.82. The maximum Gasteiger partial charge on any atom is 0.160 e. The van der Waals surface area contributed by atoms with E-state index in [2.05, 4.69) is 146 Å². The van der Waals surface area contributed by atoms with Crippen molar-refractivity contribution in [3.8, 4) is 50.7 Å². The number of para-hydroxylation sites is 1. The normalized spacial score (nSPS) is 13.2.